The zero-order valence-electron chi connectivity index (χ0n) is 9.69. The molecule has 1 heterocycles. The van der Waals surface area contributed by atoms with Crippen LogP contribution in [0.2, 0.25) is 0 Å². The van der Waals surface area contributed by atoms with Crippen LogP contribution < -0.4 is 10.5 Å². The molecule has 2 atom stereocenters. The topological polar surface area (TPSA) is 44.5 Å². The second-order valence-corrected chi connectivity index (χ2v) is 4.20. The fraction of sp³-hybridized carbons (Fsp3) is 0.538. The molecule has 88 valence electrons. The van der Waals surface area contributed by atoms with E-state index >= 15 is 0 Å². The minimum Gasteiger partial charge on any atom is -0.497 e. The molecule has 2 rings (SSSR count). The van der Waals surface area contributed by atoms with Gasteiger partial charge < -0.3 is 15.2 Å². The lowest BCUT2D eigenvalue weighted by Gasteiger charge is -2.31. The predicted molar refractivity (Wildman–Crippen MR) is 63.5 cm³/mol. The maximum Gasteiger partial charge on any atom is 0.118 e. The SMILES string of the molecule is COc1ccc(C2OCCCC2CN)cc1. The summed E-state index contributed by atoms with van der Waals surface area (Å²) in [6.07, 6.45) is 2.44. The molecule has 1 aromatic carbocycles. The fourth-order valence-electron chi connectivity index (χ4n) is 2.25. The van der Waals surface area contributed by atoms with Gasteiger partial charge in [-0.3, -0.25) is 0 Å². The van der Waals surface area contributed by atoms with Crippen LogP contribution in [-0.4, -0.2) is 20.3 Å². The van der Waals surface area contributed by atoms with Gasteiger partial charge in [-0.25, -0.2) is 0 Å². The lowest BCUT2D eigenvalue weighted by molar-refractivity contribution is -0.0251. The third-order valence-corrected chi connectivity index (χ3v) is 3.19. The molecule has 0 saturated carbocycles. The third-order valence-electron chi connectivity index (χ3n) is 3.19. The van der Waals surface area contributed by atoms with E-state index in [1.54, 1.807) is 7.11 Å². The van der Waals surface area contributed by atoms with Gasteiger partial charge in [0.1, 0.15) is 5.75 Å². The van der Waals surface area contributed by atoms with Crippen molar-refractivity contribution in [1.29, 1.82) is 0 Å². The quantitative estimate of drug-likeness (QED) is 0.850. The number of hydrogen-bond acceptors (Lipinski definition) is 3. The Morgan fingerprint density at radius 1 is 1.38 bits per heavy atom. The van der Waals surface area contributed by atoms with E-state index in [9.17, 15) is 0 Å². The molecule has 3 heteroatoms. The van der Waals surface area contributed by atoms with Crippen molar-refractivity contribution in [3.05, 3.63) is 29.8 Å². The Hall–Kier alpha value is -1.06. The molecule has 16 heavy (non-hydrogen) atoms. The first kappa shape index (κ1) is 11.4. The van der Waals surface area contributed by atoms with E-state index in [0.29, 0.717) is 12.5 Å². The summed E-state index contributed by atoms with van der Waals surface area (Å²) in [4.78, 5) is 0. The predicted octanol–water partition coefficient (Wildman–Crippen LogP) is 2.12. The molecule has 0 amide bonds. The van der Waals surface area contributed by atoms with Crippen molar-refractivity contribution in [2.75, 3.05) is 20.3 Å². The highest BCUT2D eigenvalue weighted by Gasteiger charge is 2.26. The number of nitrogens with two attached hydrogens (primary N) is 1. The maximum atomic E-state index is 5.82. The second-order valence-electron chi connectivity index (χ2n) is 4.20. The van der Waals surface area contributed by atoms with Gasteiger partial charge in [-0.2, -0.15) is 0 Å². The van der Waals surface area contributed by atoms with Crippen LogP contribution in [0.15, 0.2) is 24.3 Å². The molecular formula is C13H19NO2. The molecule has 0 spiro atoms. The Morgan fingerprint density at radius 3 is 2.75 bits per heavy atom. The summed E-state index contributed by atoms with van der Waals surface area (Å²) in [5.41, 5.74) is 6.99. The molecule has 1 aliphatic heterocycles. The molecular weight excluding hydrogens is 202 g/mol. The molecule has 0 bridgehead atoms. The van der Waals surface area contributed by atoms with Crippen LogP contribution in [0.25, 0.3) is 0 Å². The molecule has 2 N–H and O–H groups in total. The Labute approximate surface area is 96.5 Å². The number of rotatable bonds is 3. The molecule has 3 nitrogen and oxygen atoms in total. The highest BCUT2D eigenvalue weighted by Crippen LogP contribution is 2.33. The average molecular weight is 221 g/mol. The van der Waals surface area contributed by atoms with Crippen LogP contribution >= 0.6 is 0 Å². The van der Waals surface area contributed by atoms with Crippen molar-refractivity contribution in [3.63, 3.8) is 0 Å². The Bertz CT molecular complexity index is 323. The number of ether oxygens (including phenoxy) is 2. The van der Waals surface area contributed by atoms with Crippen LogP contribution in [0.4, 0.5) is 0 Å². The third kappa shape index (κ3) is 2.36. The van der Waals surface area contributed by atoms with Crippen molar-refractivity contribution in [2.24, 2.45) is 11.7 Å². The van der Waals surface area contributed by atoms with E-state index < -0.39 is 0 Å². The van der Waals surface area contributed by atoms with Crippen molar-refractivity contribution >= 4 is 0 Å². The first-order valence-electron chi connectivity index (χ1n) is 5.80. The van der Waals surface area contributed by atoms with Gasteiger partial charge >= 0.3 is 0 Å². The van der Waals surface area contributed by atoms with Crippen molar-refractivity contribution in [2.45, 2.75) is 18.9 Å². The molecule has 1 fully saturated rings. The fourth-order valence-corrected chi connectivity index (χ4v) is 2.25. The normalized spacial score (nSPS) is 25.4. The van der Waals surface area contributed by atoms with Gasteiger partial charge in [-0.1, -0.05) is 12.1 Å². The van der Waals surface area contributed by atoms with Crippen LogP contribution in [0.5, 0.6) is 5.75 Å². The lowest BCUT2D eigenvalue weighted by atomic mass is 9.89. The average Bonchev–Trinajstić information content (AvgIpc) is 2.39. The highest BCUT2D eigenvalue weighted by molar-refractivity contribution is 5.29. The Kier molecular flexibility index (Phi) is 3.80. The minimum atomic E-state index is 0.157. The van der Waals surface area contributed by atoms with Gasteiger partial charge in [0.25, 0.3) is 0 Å². The van der Waals surface area contributed by atoms with E-state index in [4.69, 9.17) is 15.2 Å². The number of methoxy groups -OCH3 is 1. The summed E-state index contributed by atoms with van der Waals surface area (Å²) in [6.45, 7) is 1.53. The standard InChI is InChI=1S/C13H19NO2/c1-15-12-6-4-10(5-7-12)13-11(9-14)3-2-8-16-13/h4-7,11,13H,2-3,8-9,14H2,1H3. The van der Waals surface area contributed by atoms with E-state index in [-0.39, 0.29) is 6.10 Å². The van der Waals surface area contributed by atoms with E-state index in [1.165, 1.54) is 5.56 Å². The van der Waals surface area contributed by atoms with Gasteiger partial charge in [0.2, 0.25) is 0 Å². The summed E-state index contributed by atoms with van der Waals surface area (Å²) in [7, 11) is 1.68. The summed E-state index contributed by atoms with van der Waals surface area (Å²) in [5.74, 6) is 1.33. The molecule has 0 radical (unpaired) electrons. The van der Waals surface area contributed by atoms with Gasteiger partial charge in [0, 0.05) is 12.5 Å². The van der Waals surface area contributed by atoms with Gasteiger partial charge in [0.05, 0.1) is 13.2 Å². The van der Waals surface area contributed by atoms with Crippen LogP contribution in [0, 0.1) is 5.92 Å². The molecule has 1 aromatic rings. The monoisotopic (exact) mass is 221 g/mol. The summed E-state index contributed by atoms with van der Waals surface area (Å²) < 4.78 is 11.0. The molecule has 0 aromatic heterocycles. The molecule has 0 aliphatic carbocycles. The van der Waals surface area contributed by atoms with Crippen LogP contribution in [0.1, 0.15) is 24.5 Å². The summed E-state index contributed by atoms with van der Waals surface area (Å²) >= 11 is 0. The summed E-state index contributed by atoms with van der Waals surface area (Å²) in [5, 5.41) is 0. The molecule has 2 unspecified atom stereocenters. The van der Waals surface area contributed by atoms with Gasteiger partial charge in [-0.05, 0) is 37.1 Å². The minimum absolute atomic E-state index is 0.157. The van der Waals surface area contributed by atoms with Crippen LogP contribution in [0.3, 0.4) is 0 Å². The van der Waals surface area contributed by atoms with Crippen molar-refractivity contribution in [3.8, 4) is 5.75 Å². The number of hydrogen-bond donors (Lipinski definition) is 1. The van der Waals surface area contributed by atoms with E-state index in [0.717, 1.165) is 25.2 Å². The highest BCUT2D eigenvalue weighted by atomic mass is 16.5. The Morgan fingerprint density at radius 2 is 2.12 bits per heavy atom. The first-order valence-corrected chi connectivity index (χ1v) is 5.80. The lowest BCUT2D eigenvalue weighted by Crippen LogP contribution is -2.28. The second kappa shape index (κ2) is 5.32. The van der Waals surface area contributed by atoms with Crippen LogP contribution in [-0.2, 0) is 4.74 Å². The smallest absolute Gasteiger partial charge is 0.118 e. The maximum absolute atomic E-state index is 5.82. The zero-order chi connectivity index (χ0) is 11.4. The van der Waals surface area contributed by atoms with E-state index in [1.807, 2.05) is 12.1 Å². The van der Waals surface area contributed by atoms with Crippen molar-refractivity contribution < 1.29 is 9.47 Å². The first-order chi connectivity index (χ1) is 7.85. The summed E-state index contributed by atoms with van der Waals surface area (Å²) in [6, 6.07) is 8.08. The zero-order valence-corrected chi connectivity index (χ0v) is 9.69. The largest absolute Gasteiger partial charge is 0.497 e. The Balaban J connectivity index is 2.14. The van der Waals surface area contributed by atoms with Gasteiger partial charge in [0.15, 0.2) is 0 Å². The molecule has 1 saturated heterocycles. The van der Waals surface area contributed by atoms with Gasteiger partial charge in [-0.15, -0.1) is 0 Å². The van der Waals surface area contributed by atoms with Crippen molar-refractivity contribution in [1.82, 2.24) is 0 Å². The molecule has 1 aliphatic rings. The van der Waals surface area contributed by atoms with E-state index in [2.05, 4.69) is 12.1 Å². The number of benzene rings is 1.